The van der Waals surface area contributed by atoms with Gasteiger partial charge in [0.1, 0.15) is 0 Å². The van der Waals surface area contributed by atoms with Crippen LogP contribution < -0.4 is 5.32 Å². The van der Waals surface area contributed by atoms with E-state index in [2.05, 4.69) is 5.32 Å². The Hall–Kier alpha value is -3.16. The molecule has 0 aliphatic carbocycles. The van der Waals surface area contributed by atoms with Crippen molar-refractivity contribution in [3.05, 3.63) is 76.4 Å². The molecule has 0 atom stereocenters. The largest absolute Gasteiger partial charge is 0.454 e. The Morgan fingerprint density at radius 3 is 2.12 bits per heavy atom. The van der Waals surface area contributed by atoms with E-state index in [0.717, 1.165) is 12.1 Å². The summed E-state index contributed by atoms with van der Waals surface area (Å²) in [5, 5.41) is 13.4. The minimum atomic E-state index is -5.01. The highest BCUT2D eigenvalue weighted by Crippen LogP contribution is 2.24. The Balaban J connectivity index is 2.40. The van der Waals surface area contributed by atoms with Crippen molar-refractivity contribution in [2.45, 2.75) is 6.18 Å². The smallest absolute Gasteiger partial charge is 0.355 e. The van der Waals surface area contributed by atoms with E-state index in [0.29, 0.717) is 11.8 Å². The first-order valence-corrected chi connectivity index (χ1v) is 6.67. The fraction of sp³-hybridized carbons (Fsp3) is 0.0625. The van der Waals surface area contributed by atoms with E-state index in [-0.39, 0.29) is 16.9 Å². The van der Waals surface area contributed by atoms with Crippen LogP contribution in [0, 0.1) is 10.1 Å². The van der Waals surface area contributed by atoms with Crippen LogP contribution in [0.4, 0.5) is 24.5 Å². The Bertz CT molecular complexity index is 769. The SMILES string of the molecule is O=C(/C=C(/Nc1ccccc1)c1ccc([N+](=O)[O-])cc1)C(F)(F)F. The number of nitro benzene ring substituents is 1. The fourth-order valence-corrected chi connectivity index (χ4v) is 1.84. The van der Waals surface area contributed by atoms with E-state index >= 15 is 0 Å². The van der Waals surface area contributed by atoms with E-state index in [4.69, 9.17) is 0 Å². The van der Waals surface area contributed by atoms with Gasteiger partial charge in [0.05, 0.1) is 4.92 Å². The normalized spacial score (nSPS) is 11.9. The van der Waals surface area contributed by atoms with Gasteiger partial charge in [-0.3, -0.25) is 14.9 Å². The Labute approximate surface area is 134 Å². The van der Waals surface area contributed by atoms with Gasteiger partial charge in [0.2, 0.25) is 0 Å². The van der Waals surface area contributed by atoms with E-state index in [1.165, 1.54) is 12.1 Å². The van der Waals surface area contributed by atoms with Crippen LogP contribution >= 0.6 is 0 Å². The van der Waals surface area contributed by atoms with Gasteiger partial charge in [-0.25, -0.2) is 0 Å². The topological polar surface area (TPSA) is 72.2 Å². The summed E-state index contributed by atoms with van der Waals surface area (Å²) >= 11 is 0. The fourth-order valence-electron chi connectivity index (χ4n) is 1.84. The first kappa shape index (κ1) is 17.2. The van der Waals surface area contributed by atoms with Crippen LogP contribution in [0.2, 0.25) is 0 Å². The molecule has 0 heterocycles. The van der Waals surface area contributed by atoms with Crippen molar-refractivity contribution >= 4 is 22.9 Å². The van der Waals surface area contributed by atoms with Crippen LogP contribution in [0.3, 0.4) is 0 Å². The minimum Gasteiger partial charge on any atom is -0.355 e. The number of nitrogens with zero attached hydrogens (tertiary/aromatic N) is 1. The molecule has 0 fully saturated rings. The second kappa shape index (κ2) is 6.95. The summed E-state index contributed by atoms with van der Waals surface area (Å²) in [7, 11) is 0. The van der Waals surface area contributed by atoms with Gasteiger partial charge in [0.15, 0.2) is 0 Å². The lowest BCUT2D eigenvalue weighted by Gasteiger charge is -2.12. The highest BCUT2D eigenvalue weighted by Gasteiger charge is 2.37. The van der Waals surface area contributed by atoms with Crippen molar-refractivity contribution in [1.82, 2.24) is 0 Å². The number of hydrogen-bond donors (Lipinski definition) is 1. The number of nitro groups is 1. The van der Waals surface area contributed by atoms with Crippen molar-refractivity contribution in [2.24, 2.45) is 0 Å². The molecule has 5 nitrogen and oxygen atoms in total. The molecule has 0 aliphatic rings. The third-order valence-electron chi connectivity index (χ3n) is 3.00. The molecule has 0 radical (unpaired) electrons. The first-order valence-electron chi connectivity index (χ1n) is 6.67. The molecule has 0 amide bonds. The average Bonchev–Trinajstić information content (AvgIpc) is 2.54. The lowest BCUT2D eigenvalue weighted by Crippen LogP contribution is -2.21. The minimum absolute atomic E-state index is 0.113. The number of carbonyl (C=O) groups is 1. The van der Waals surface area contributed by atoms with Crippen molar-refractivity contribution in [1.29, 1.82) is 0 Å². The number of alkyl halides is 3. The number of ketones is 1. The second-order valence-electron chi connectivity index (χ2n) is 4.72. The van der Waals surface area contributed by atoms with Gasteiger partial charge in [0.25, 0.3) is 11.5 Å². The van der Waals surface area contributed by atoms with E-state index in [9.17, 15) is 28.1 Å². The van der Waals surface area contributed by atoms with Crippen LogP contribution in [-0.4, -0.2) is 16.9 Å². The standard InChI is InChI=1S/C16H11F3N2O3/c17-16(18,19)15(22)10-14(20-12-4-2-1-3-5-12)11-6-8-13(9-7-11)21(23)24/h1-10,20H/b14-10+. The van der Waals surface area contributed by atoms with Gasteiger partial charge in [0, 0.05) is 29.6 Å². The number of carbonyl (C=O) groups excluding carboxylic acids is 1. The maximum atomic E-state index is 12.5. The zero-order valence-corrected chi connectivity index (χ0v) is 12.1. The number of non-ortho nitro benzene ring substituents is 1. The molecule has 0 saturated heterocycles. The average molecular weight is 336 g/mol. The van der Waals surface area contributed by atoms with Crippen molar-refractivity contribution in [3.8, 4) is 0 Å². The van der Waals surface area contributed by atoms with Gasteiger partial charge < -0.3 is 5.32 Å². The monoisotopic (exact) mass is 336 g/mol. The zero-order chi connectivity index (χ0) is 17.7. The van der Waals surface area contributed by atoms with Gasteiger partial charge >= 0.3 is 6.18 Å². The van der Waals surface area contributed by atoms with Crippen LogP contribution in [0.15, 0.2) is 60.7 Å². The molecule has 2 aromatic rings. The van der Waals surface area contributed by atoms with Crippen molar-refractivity contribution in [2.75, 3.05) is 5.32 Å². The summed E-state index contributed by atoms with van der Waals surface area (Å²) < 4.78 is 37.6. The van der Waals surface area contributed by atoms with Crippen LogP contribution in [-0.2, 0) is 4.79 Å². The number of anilines is 1. The van der Waals surface area contributed by atoms with Gasteiger partial charge in [-0.2, -0.15) is 13.2 Å². The molecule has 0 unspecified atom stereocenters. The second-order valence-corrected chi connectivity index (χ2v) is 4.72. The quantitative estimate of drug-likeness (QED) is 0.505. The summed E-state index contributed by atoms with van der Waals surface area (Å²) in [6.45, 7) is 0. The summed E-state index contributed by atoms with van der Waals surface area (Å²) in [6.07, 6.45) is -4.58. The maximum Gasteiger partial charge on any atom is 0.454 e. The number of hydrogen-bond acceptors (Lipinski definition) is 4. The molecule has 2 aromatic carbocycles. The van der Waals surface area contributed by atoms with E-state index in [1.807, 2.05) is 0 Å². The number of nitrogens with one attached hydrogen (secondary N) is 1. The van der Waals surface area contributed by atoms with Gasteiger partial charge in [-0.05, 0) is 29.8 Å². The van der Waals surface area contributed by atoms with Crippen LogP contribution in [0.25, 0.3) is 5.70 Å². The molecule has 0 aromatic heterocycles. The number of halogens is 3. The summed E-state index contributed by atoms with van der Waals surface area (Å²) in [4.78, 5) is 21.3. The van der Waals surface area contributed by atoms with Crippen LogP contribution in [0.1, 0.15) is 5.56 Å². The van der Waals surface area contributed by atoms with Crippen molar-refractivity contribution in [3.63, 3.8) is 0 Å². The van der Waals surface area contributed by atoms with E-state index in [1.54, 1.807) is 30.3 Å². The number of para-hydroxylation sites is 1. The lowest BCUT2D eigenvalue weighted by atomic mass is 10.1. The van der Waals surface area contributed by atoms with Gasteiger partial charge in [-0.1, -0.05) is 18.2 Å². The molecule has 24 heavy (non-hydrogen) atoms. The van der Waals surface area contributed by atoms with E-state index < -0.39 is 16.9 Å². The lowest BCUT2D eigenvalue weighted by molar-refractivity contribution is -0.384. The Morgan fingerprint density at radius 2 is 1.62 bits per heavy atom. The van der Waals surface area contributed by atoms with Crippen molar-refractivity contribution < 1.29 is 22.9 Å². The number of allylic oxidation sites excluding steroid dienone is 1. The zero-order valence-electron chi connectivity index (χ0n) is 12.1. The Kier molecular flexibility index (Phi) is 4.98. The molecule has 0 bridgehead atoms. The highest BCUT2D eigenvalue weighted by atomic mass is 19.4. The Morgan fingerprint density at radius 1 is 1.04 bits per heavy atom. The third kappa shape index (κ3) is 4.42. The molecule has 8 heteroatoms. The summed E-state index contributed by atoms with van der Waals surface area (Å²) in [5.41, 5.74) is 0.359. The molecule has 124 valence electrons. The first-order chi connectivity index (χ1) is 11.3. The highest BCUT2D eigenvalue weighted by molar-refractivity contribution is 6.02. The van der Waals surface area contributed by atoms with Crippen LogP contribution in [0.5, 0.6) is 0 Å². The molecule has 0 aliphatic heterocycles. The maximum absolute atomic E-state index is 12.5. The number of benzene rings is 2. The molecule has 0 spiro atoms. The predicted octanol–water partition coefficient (Wildman–Crippen LogP) is 4.18. The summed E-state index contributed by atoms with van der Waals surface area (Å²) in [6, 6.07) is 13.1. The molecule has 0 saturated carbocycles. The third-order valence-corrected chi connectivity index (χ3v) is 3.00. The number of rotatable bonds is 5. The van der Waals surface area contributed by atoms with Gasteiger partial charge in [-0.15, -0.1) is 0 Å². The molecule has 1 N–H and O–H groups in total. The molecule has 2 rings (SSSR count). The summed E-state index contributed by atoms with van der Waals surface area (Å²) in [5.74, 6) is -2.03. The molecular formula is C16H11F3N2O3. The molecular weight excluding hydrogens is 325 g/mol. The predicted molar refractivity (Wildman–Crippen MR) is 82.2 cm³/mol.